The van der Waals surface area contributed by atoms with E-state index in [1.54, 1.807) is 17.2 Å². The van der Waals surface area contributed by atoms with Crippen molar-refractivity contribution in [1.82, 2.24) is 24.7 Å². The summed E-state index contributed by atoms with van der Waals surface area (Å²) in [6.07, 6.45) is 3.94. The number of nitrogens with zero attached hydrogens (tertiary/aromatic N) is 4. The fraction of sp³-hybridized carbons (Fsp3) is 0.522. The summed E-state index contributed by atoms with van der Waals surface area (Å²) < 4.78 is 1.48. The number of carbonyl (C=O) groups is 1. The Kier molecular flexibility index (Phi) is 7.19. The second kappa shape index (κ2) is 10.2. The number of nitrogens with one attached hydrogen (secondary N) is 2. The normalized spacial score (nSPS) is 19.0. The third kappa shape index (κ3) is 5.53. The van der Waals surface area contributed by atoms with Crippen molar-refractivity contribution in [3.63, 3.8) is 0 Å². The van der Waals surface area contributed by atoms with Crippen LogP contribution in [0.1, 0.15) is 25.3 Å². The molecule has 0 bridgehead atoms. The zero-order valence-corrected chi connectivity index (χ0v) is 18.7. The van der Waals surface area contributed by atoms with Crippen LogP contribution in [0.25, 0.3) is 5.69 Å². The molecule has 4 rings (SSSR count). The third-order valence-corrected chi connectivity index (χ3v) is 6.44. The number of nitrogens with two attached hydrogens (primary N) is 1. The van der Waals surface area contributed by atoms with E-state index in [9.17, 15) is 9.59 Å². The molecule has 0 saturated carbocycles. The largest absolute Gasteiger partial charge is 0.354 e. The van der Waals surface area contributed by atoms with Crippen molar-refractivity contribution in [2.24, 2.45) is 11.7 Å². The van der Waals surface area contributed by atoms with Crippen LogP contribution < -0.4 is 22.1 Å². The van der Waals surface area contributed by atoms with E-state index in [1.807, 2.05) is 12.1 Å². The number of urea groups is 1. The van der Waals surface area contributed by atoms with Gasteiger partial charge in [-0.05, 0) is 62.5 Å². The summed E-state index contributed by atoms with van der Waals surface area (Å²) in [5, 5.41) is 5.92. The predicted octanol–water partition coefficient (Wildman–Crippen LogP) is 1.23. The number of amides is 2. The lowest BCUT2D eigenvalue weighted by Crippen LogP contribution is -2.48. The highest BCUT2D eigenvalue weighted by molar-refractivity contribution is 5.88. The molecule has 2 aliphatic rings. The Balaban J connectivity index is 1.35. The van der Waals surface area contributed by atoms with Gasteiger partial charge in [0.05, 0.1) is 5.69 Å². The Morgan fingerprint density at radius 1 is 1.16 bits per heavy atom. The van der Waals surface area contributed by atoms with Crippen molar-refractivity contribution in [3.05, 3.63) is 52.6 Å². The monoisotopic (exact) mass is 439 g/mol. The highest BCUT2D eigenvalue weighted by Gasteiger charge is 2.22. The van der Waals surface area contributed by atoms with E-state index in [1.165, 1.54) is 10.1 Å². The second-order valence-electron chi connectivity index (χ2n) is 8.77. The van der Waals surface area contributed by atoms with Gasteiger partial charge in [0.15, 0.2) is 0 Å². The standard InChI is InChI=1S/C23H33N7O2/c1-17(24)19-6-11-28(12-7-19)16-18-2-4-20(5-3-18)30-13-8-21(27-23(30)32)26-22(31)29-14-9-25-10-15-29/h2-5,8,13,17,19,25H,6-7,9-12,14-16,24H2,1H3,(H,26,27,31,32). The molecule has 172 valence electrons. The first kappa shape index (κ1) is 22.4. The second-order valence-corrected chi connectivity index (χ2v) is 8.77. The highest BCUT2D eigenvalue weighted by Crippen LogP contribution is 2.21. The van der Waals surface area contributed by atoms with Crippen molar-refractivity contribution in [1.29, 1.82) is 0 Å². The number of likely N-dealkylation sites (tertiary alicyclic amines) is 1. The fourth-order valence-corrected chi connectivity index (χ4v) is 4.38. The quantitative estimate of drug-likeness (QED) is 0.647. The van der Waals surface area contributed by atoms with Crippen LogP contribution in [0.5, 0.6) is 0 Å². The molecule has 2 aliphatic heterocycles. The summed E-state index contributed by atoms with van der Waals surface area (Å²) in [5.41, 5.74) is 7.59. The molecule has 9 nitrogen and oxygen atoms in total. The van der Waals surface area contributed by atoms with Gasteiger partial charge in [0.25, 0.3) is 0 Å². The lowest BCUT2D eigenvalue weighted by Gasteiger charge is -2.33. The summed E-state index contributed by atoms with van der Waals surface area (Å²) >= 11 is 0. The molecule has 1 atom stereocenters. The van der Waals surface area contributed by atoms with Crippen LogP contribution in [0, 0.1) is 5.92 Å². The van der Waals surface area contributed by atoms with Crippen molar-refractivity contribution in [2.45, 2.75) is 32.4 Å². The summed E-state index contributed by atoms with van der Waals surface area (Å²) in [4.78, 5) is 33.1. The molecule has 2 fully saturated rings. The first-order chi connectivity index (χ1) is 15.5. The zero-order valence-electron chi connectivity index (χ0n) is 18.7. The molecule has 1 aromatic heterocycles. The van der Waals surface area contributed by atoms with Gasteiger partial charge in [0, 0.05) is 45.0 Å². The Labute approximate surface area is 188 Å². The number of anilines is 1. The number of aromatic nitrogens is 2. The first-order valence-electron chi connectivity index (χ1n) is 11.4. The molecule has 32 heavy (non-hydrogen) atoms. The van der Waals surface area contributed by atoms with Crippen molar-refractivity contribution in [3.8, 4) is 5.69 Å². The topological polar surface area (TPSA) is 109 Å². The lowest BCUT2D eigenvalue weighted by molar-refractivity contribution is 0.166. The smallest absolute Gasteiger partial charge is 0.328 e. The van der Waals surface area contributed by atoms with Crippen LogP contribution in [0.15, 0.2) is 41.3 Å². The molecule has 1 unspecified atom stereocenters. The predicted molar refractivity (Wildman–Crippen MR) is 125 cm³/mol. The number of rotatable bonds is 5. The number of carbonyl (C=O) groups excluding carboxylic acids is 1. The van der Waals surface area contributed by atoms with Crippen LogP contribution in [0.4, 0.5) is 10.6 Å². The molecule has 9 heteroatoms. The van der Waals surface area contributed by atoms with Crippen molar-refractivity contribution < 1.29 is 4.79 Å². The van der Waals surface area contributed by atoms with Gasteiger partial charge in [0.2, 0.25) is 0 Å². The highest BCUT2D eigenvalue weighted by atomic mass is 16.2. The summed E-state index contributed by atoms with van der Waals surface area (Å²) in [5.74, 6) is 0.888. The molecule has 0 aliphatic carbocycles. The minimum atomic E-state index is -0.422. The van der Waals surface area contributed by atoms with Gasteiger partial charge in [-0.1, -0.05) is 12.1 Å². The van der Waals surface area contributed by atoms with Gasteiger partial charge in [0.1, 0.15) is 5.82 Å². The Bertz CT molecular complexity index is 959. The number of hydrogen-bond acceptors (Lipinski definition) is 6. The van der Waals surface area contributed by atoms with Crippen LogP contribution in [-0.2, 0) is 6.54 Å². The molecule has 2 amide bonds. The van der Waals surface area contributed by atoms with Crippen molar-refractivity contribution >= 4 is 11.8 Å². The molecule has 1 aromatic carbocycles. The number of piperidine rings is 1. The minimum absolute atomic E-state index is 0.231. The fourth-order valence-electron chi connectivity index (χ4n) is 4.38. The number of benzene rings is 1. The van der Waals surface area contributed by atoms with Gasteiger partial charge in [-0.15, -0.1) is 0 Å². The van der Waals surface area contributed by atoms with E-state index < -0.39 is 5.69 Å². The maximum atomic E-state index is 12.5. The van der Waals surface area contributed by atoms with Crippen molar-refractivity contribution in [2.75, 3.05) is 44.6 Å². The molecule has 0 spiro atoms. The molecular weight excluding hydrogens is 406 g/mol. The maximum Gasteiger partial charge on any atom is 0.354 e. The minimum Gasteiger partial charge on any atom is -0.328 e. The van der Waals surface area contributed by atoms with E-state index in [0.717, 1.165) is 51.3 Å². The summed E-state index contributed by atoms with van der Waals surface area (Å²) in [6.45, 7) is 7.95. The van der Waals surface area contributed by atoms with Crippen LogP contribution in [0.2, 0.25) is 0 Å². The summed E-state index contributed by atoms with van der Waals surface area (Å²) in [6, 6.07) is 9.67. The Hall–Kier alpha value is -2.75. The Morgan fingerprint density at radius 2 is 1.84 bits per heavy atom. The Morgan fingerprint density at radius 3 is 2.47 bits per heavy atom. The molecule has 2 saturated heterocycles. The first-order valence-corrected chi connectivity index (χ1v) is 11.4. The SMILES string of the molecule is CC(N)C1CCN(Cc2ccc(-n3ccc(NC(=O)N4CCNCC4)nc3=O)cc2)CC1. The number of hydrogen-bond donors (Lipinski definition) is 3. The molecule has 4 N–H and O–H groups in total. The van der Waals surface area contributed by atoms with Gasteiger partial charge < -0.3 is 16.0 Å². The van der Waals surface area contributed by atoms with E-state index in [-0.39, 0.29) is 17.9 Å². The van der Waals surface area contributed by atoms with Crippen LogP contribution >= 0.6 is 0 Å². The molecule has 3 heterocycles. The van der Waals surface area contributed by atoms with E-state index in [4.69, 9.17) is 5.73 Å². The summed E-state index contributed by atoms with van der Waals surface area (Å²) in [7, 11) is 0. The maximum absolute atomic E-state index is 12.5. The van der Waals surface area contributed by atoms with E-state index in [0.29, 0.717) is 19.0 Å². The lowest BCUT2D eigenvalue weighted by atomic mass is 9.91. The van der Waals surface area contributed by atoms with Gasteiger partial charge in [-0.3, -0.25) is 14.8 Å². The van der Waals surface area contributed by atoms with E-state index >= 15 is 0 Å². The third-order valence-electron chi connectivity index (χ3n) is 6.44. The average molecular weight is 440 g/mol. The van der Waals surface area contributed by atoms with Crippen LogP contribution in [0.3, 0.4) is 0 Å². The van der Waals surface area contributed by atoms with Gasteiger partial charge >= 0.3 is 11.7 Å². The van der Waals surface area contributed by atoms with Crippen LogP contribution in [-0.4, -0.2) is 70.7 Å². The zero-order chi connectivity index (χ0) is 22.5. The van der Waals surface area contributed by atoms with E-state index in [2.05, 4.69) is 39.6 Å². The molecule has 0 radical (unpaired) electrons. The molecule has 2 aromatic rings. The average Bonchev–Trinajstić information content (AvgIpc) is 2.81. The van der Waals surface area contributed by atoms with Gasteiger partial charge in [-0.25, -0.2) is 9.59 Å². The number of piperazine rings is 1. The van der Waals surface area contributed by atoms with Gasteiger partial charge in [-0.2, -0.15) is 4.98 Å². The molecular formula is C23H33N7O2.